The highest BCUT2D eigenvalue weighted by Crippen LogP contribution is 2.35. The van der Waals surface area contributed by atoms with Crippen LogP contribution in [0.3, 0.4) is 0 Å². The minimum Gasteiger partial charge on any atom is -0.493 e. The number of pyridine rings is 1. The largest absolute Gasteiger partial charge is 0.493 e. The number of aromatic nitrogens is 1. The Balaban J connectivity index is 1.73. The predicted molar refractivity (Wildman–Crippen MR) is 107 cm³/mol. The molecule has 1 saturated heterocycles. The summed E-state index contributed by atoms with van der Waals surface area (Å²) in [5.74, 6) is 1.73. The maximum Gasteiger partial charge on any atom is 0.242 e. The molecule has 0 amide bonds. The Labute approximate surface area is 167 Å². The van der Waals surface area contributed by atoms with Crippen LogP contribution in [0.2, 0.25) is 0 Å². The van der Waals surface area contributed by atoms with Crippen molar-refractivity contribution < 1.29 is 17.9 Å². The zero-order chi connectivity index (χ0) is 19.4. The minimum absolute atomic E-state index is 0.0850. The first-order valence-electron chi connectivity index (χ1n) is 8.55. The van der Waals surface area contributed by atoms with Crippen LogP contribution >= 0.6 is 15.9 Å². The molecule has 27 heavy (non-hydrogen) atoms. The number of nitrogens with zero attached hydrogens (tertiary/aromatic N) is 2. The predicted octanol–water partition coefficient (Wildman–Crippen LogP) is 2.94. The summed E-state index contributed by atoms with van der Waals surface area (Å²) in [5, 5.41) is 0. The van der Waals surface area contributed by atoms with Gasteiger partial charge in [0.1, 0.15) is 10.7 Å². The smallest absolute Gasteiger partial charge is 0.242 e. The second kappa shape index (κ2) is 8.45. The Kier molecular flexibility index (Phi) is 6.23. The van der Waals surface area contributed by atoms with Crippen molar-refractivity contribution in [2.45, 2.75) is 24.3 Å². The van der Waals surface area contributed by atoms with E-state index in [0.717, 1.165) is 24.5 Å². The third-order valence-corrected chi connectivity index (χ3v) is 6.79. The maximum atomic E-state index is 12.7. The SMILES string of the molecule is COc1cc(Br)c(S(=O)(=O)NCc2ccc(N3CCCC3)nc2)cc1OC. The quantitative estimate of drug-likeness (QED) is 0.690. The highest BCUT2D eigenvalue weighted by Gasteiger charge is 2.21. The Morgan fingerprint density at radius 1 is 1.15 bits per heavy atom. The van der Waals surface area contributed by atoms with Crippen LogP contribution in [0.4, 0.5) is 5.82 Å². The first kappa shape index (κ1) is 19.9. The van der Waals surface area contributed by atoms with Gasteiger partial charge in [0.15, 0.2) is 11.5 Å². The first-order chi connectivity index (χ1) is 12.9. The lowest BCUT2D eigenvalue weighted by molar-refractivity contribution is 0.353. The van der Waals surface area contributed by atoms with Crippen LogP contribution in [0, 0.1) is 0 Å². The van der Waals surface area contributed by atoms with Gasteiger partial charge in [-0.2, -0.15) is 0 Å². The van der Waals surface area contributed by atoms with Crippen LogP contribution in [0.25, 0.3) is 0 Å². The molecule has 7 nitrogen and oxygen atoms in total. The van der Waals surface area contributed by atoms with E-state index in [1.807, 2.05) is 12.1 Å². The number of benzene rings is 1. The van der Waals surface area contributed by atoms with E-state index in [9.17, 15) is 8.42 Å². The number of hydrogen-bond donors (Lipinski definition) is 1. The van der Waals surface area contributed by atoms with Crippen molar-refractivity contribution in [3.63, 3.8) is 0 Å². The van der Waals surface area contributed by atoms with E-state index < -0.39 is 10.0 Å². The molecule has 0 radical (unpaired) electrons. The van der Waals surface area contributed by atoms with Gasteiger partial charge in [-0.3, -0.25) is 0 Å². The average molecular weight is 456 g/mol. The summed E-state index contributed by atoms with van der Waals surface area (Å²) >= 11 is 3.29. The van der Waals surface area contributed by atoms with E-state index in [-0.39, 0.29) is 11.4 Å². The minimum atomic E-state index is -3.74. The molecule has 0 unspecified atom stereocenters. The lowest BCUT2D eigenvalue weighted by atomic mass is 10.3. The molecule has 1 fully saturated rings. The Morgan fingerprint density at radius 3 is 2.41 bits per heavy atom. The summed E-state index contributed by atoms with van der Waals surface area (Å²) in [6.07, 6.45) is 4.08. The zero-order valence-electron chi connectivity index (χ0n) is 15.2. The molecule has 0 saturated carbocycles. The lowest BCUT2D eigenvalue weighted by Crippen LogP contribution is -2.24. The van der Waals surface area contributed by atoms with Crippen molar-refractivity contribution >= 4 is 31.8 Å². The molecule has 1 aliphatic heterocycles. The van der Waals surface area contributed by atoms with Crippen molar-refractivity contribution in [1.82, 2.24) is 9.71 Å². The van der Waals surface area contributed by atoms with Crippen LogP contribution in [0.15, 0.2) is 39.8 Å². The molecule has 9 heteroatoms. The maximum absolute atomic E-state index is 12.7. The molecular formula is C18H22BrN3O4S. The Morgan fingerprint density at radius 2 is 1.81 bits per heavy atom. The number of anilines is 1. The highest BCUT2D eigenvalue weighted by molar-refractivity contribution is 9.10. The monoisotopic (exact) mass is 455 g/mol. The fraction of sp³-hybridized carbons (Fsp3) is 0.389. The average Bonchev–Trinajstić information content (AvgIpc) is 3.21. The molecule has 146 valence electrons. The standard InChI is InChI=1S/C18H22BrN3O4S/c1-25-15-9-14(19)17(10-16(15)26-2)27(23,24)21-12-13-5-6-18(20-11-13)22-7-3-4-8-22/h5-6,9-11,21H,3-4,7-8,12H2,1-2H3. The lowest BCUT2D eigenvalue weighted by Gasteiger charge is -2.16. The third-order valence-electron chi connectivity index (χ3n) is 4.43. The molecular weight excluding hydrogens is 434 g/mol. The molecule has 1 aromatic carbocycles. The number of hydrogen-bond acceptors (Lipinski definition) is 6. The van der Waals surface area contributed by atoms with Gasteiger partial charge in [-0.05, 0) is 46.5 Å². The third kappa shape index (κ3) is 4.53. The van der Waals surface area contributed by atoms with Crippen LogP contribution in [-0.2, 0) is 16.6 Å². The van der Waals surface area contributed by atoms with Crippen LogP contribution < -0.4 is 19.1 Å². The fourth-order valence-corrected chi connectivity index (χ4v) is 5.00. The molecule has 1 N–H and O–H groups in total. The van der Waals surface area contributed by atoms with Gasteiger partial charge in [-0.15, -0.1) is 0 Å². The highest BCUT2D eigenvalue weighted by atomic mass is 79.9. The van der Waals surface area contributed by atoms with Crippen molar-refractivity contribution in [3.8, 4) is 11.5 Å². The van der Waals surface area contributed by atoms with Gasteiger partial charge in [0.05, 0.1) is 14.2 Å². The molecule has 0 aliphatic carbocycles. The number of ether oxygens (including phenoxy) is 2. The number of nitrogens with one attached hydrogen (secondary N) is 1. The summed E-state index contributed by atoms with van der Waals surface area (Å²) in [4.78, 5) is 6.76. The van der Waals surface area contributed by atoms with Crippen molar-refractivity contribution in [1.29, 1.82) is 0 Å². The van der Waals surface area contributed by atoms with Crippen LogP contribution in [0.5, 0.6) is 11.5 Å². The molecule has 2 heterocycles. The molecule has 3 rings (SSSR count). The molecule has 0 bridgehead atoms. The summed E-state index contributed by atoms with van der Waals surface area (Å²) in [7, 11) is -0.786. The molecule has 0 spiro atoms. The normalized spacial score (nSPS) is 14.4. The molecule has 1 aromatic heterocycles. The number of sulfonamides is 1. The second-order valence-corrected chi connectivity index (χ2v) is 8.77. The number of methoxy groups -OCH3 is 2. The molecule has 0 atom stereocenters. The van der Waals surface area contributed by atoms with Crippen LogP contribution in [0.1, 0.15) is 18.4 Å². The number of halogens is 1. The van der Waals surface area contributed by atoms with Crippen molar-refractivity contribution in [2.75, 3.05) is 32.2 Å². The van der Waals surface area contributed by atoms with E-state index in [1.165, 1.54) is 33.1 Å². The summed E-state index contributed by atoms with van der Waals surface area (Å²) in [5.41, 5.74) is 0.790. The second-order valence-electron chi connectivity index (χ2n) is 6.18. The Hall–Kier alpha value is -1.84. The van der Waals surface area contributed by atoms with Crippen molar-refractivity contribution in [2.24, 2.45) is 0 Å². The summed E-state index contributed by atoms with van der Waals surface area (Å²) in [6.45, 7) is 2.19. The van der Waals surface area contributed by atoms with E-state index in [4.69, 9.17) is 9.47 Å². The van der Waals surface area contributed by atoms with Gasteiger partial charge in [0.2, 0.25) is 10.0 Å². The molecule has 1 aliphatic rings. The summed E-state index contributed by atoms with van der Waals surface area (Å²) < 4.78 is 38.8. The first-order valence-corrected chi connectivity index (χ1v) is 10.8. The van der Waals surface area contributed by atoms with Gasteiger partial charge >= 0.3 is 0 Å². The van der Waals surface area contributed by atoms with E-state index >= 15 is 0 Å². The summed E-state index contributed by atoms with van der Waals surface area (Å²) in [6, 6.07) is 6.83. The van der Waals surface area contributed by atoms with Crippen LogP contribution in [-0.4, -0.2) is 40.7 Å². The van der Waals surface area contributed by atoms with Gasteiger partial charge in [-0.1, -0.05) is 6.07 Å². The van der Waals surface area contributed by atoms with Gasteiger partial charge in [0, 0.05) is 36.4 Å². The Bertz CT molecular complexity index is 898. The van der Waals surface area contributed by atoms with Gasteiger partial charge in [0.25, 0.3) is 0 Å². The van der Waals surface area contributed by atoms with E-state index in [2.05, 4.69) is 30.5 Å². The number of rotatable bonds is 7. The van der Waals surface area contributed by atoms with Gasteiger partial charge < -0.3 is 14.4 Å². The zero-order valence-corrected chi connectivity index (χ0v) is 17.6. The van der Waals surface area contributed by atoms with Gasteiger partial charge in [-0.25, -0.2) is 18.1 Å². The van der Waals surface area contributed by atoms with Crippen molar-refractivity contribution in [3.05, 3.63) is 40.5 Å². The fourth-order valence-electron chi connectivity index (χ4n) is 2.95. The van der Waals surface area contributed by atoms with E-state index in [0.29, 0.717) is 16.0 Å². The molecule has 2 aromatic rings. The topological polar surface area (TPSA) is 80.8 Å². The van der Waals surface area contributed by atoms with E-state index in [1.54, 1.807) is 12.3 Å².